The van der Waals surface area contributed by atoms with Crippen molar-refractivity contribution in [3.8, 4) is 5.75 Å². The summed E-state index contributed by atoms with van der Waals surface area (Å²) >= 11 is 6.01. The van der Waals surface area contributed by atoms with Crippen LogP contribution in [-0.4, -0.2) is 47.6 Å². The molecule has 0 aliphatic heterocycles. The number of carbonyl (C=O) groups excluding carboxylic acids is 1. The lowest BCUT2D eigenvalue weighted by molar-refractivity contribution is -0.143. The molecule has 1 unspecified atom stereocenters. The fourth-order valence-electron chi connectivity index (χ4n) is 2.24. The van der Waals surface area contributed by atoms with Crippen molar-refractivity contribution < 1.29 is 19.4 Å². The highest BCUT2D eigenvalue weighted by Gasteiger charge is 2.36. The van der Waals surface area contributed by atoms with Crippen molar-refractivity contribution in [1.29, 1.82) is 0 Å². The number of ether oxygens (including phenoxy) is 1. The van der Waals surface area contributed by atoms with Crippen LogP contribution >= 0.6 is 11.6 Å². The summed E-state index contributed by atoms with van der Waals surface area (Å²) in [6.45, 7) is 1.64. The number of hydrogen-bond acceptors (Lipinski definition) is 4. The number of nitrogens with zero attached hydrogens (tertiary/aromatic N) is 1. The van der Waals surface area contributed by atoms with Gasteiger partial charge < -0.3 is 15.2 Å². The second-order valence-corrected chi connectivity index (χ2v) is 5.72. The Hall–Kier alpha value is -1.79. The number of benzene rings is 1. The quantitative estimate of drug-likeness (QED) is 0.803. The number of nitrogens with one attached hydrogen (secondary N) is 1. The van der Waals surface area contributed by atoms with Crippen molar-refractivity contribution in [2.75, 3.05) is 19.0 Å². The van der Waals surface area contributed by atoms with Crippen LogP contribution in [0.1, 0.15) is 19.8 Å². The largest absolute Gasteiger partial charge is 0.495 e. The molecule has 6 nitrogen and oxygen atoms in total. The average Bonchev–Trinajstić information content (AvgIpc) is 3.28. The van der Waals surface area contributed by atoms with Crippen molar-refractivity contribution in [2.24, 2.45) is 0 Å². The molecule has 1 atom stereocenters. The van der Waals surface area contributed by atoms with Gasteiger partial charge in [-0.2, -0.15) is 0 Å². The molecule has 2 N–H and O–H groups in total. The van der Waals surface area contributed by atoms with Gasteiger partial charge in [0.2, 0.25) is 5.91 Å². The number of carboxylic acid groups (broad SMARTS) is 1. The van der Waals surface area contributed by atoms with Gasteiger partial charge in [-0.25, -0.2) is 0 Å². The zero-order valence-electron chi connectivity index (χ0n) is 12.5. The predicted octanol–water partition coefficient (Wildman–Crippen LogP) is 2.22. The number of aliphatic carboxylic acids is 1. The molecule has 0 aromatic heterocycles. The van der Waals surface area contributed by atoms with E-state index in [-0.39, 0.29) is 18.5 Å². The summed E-state index contributed by atoms with van der Waals surface area (Å²) in [5.74, 6) is -0.660. The van der Waals surface area contributed by atoms with E-state index >= 15 is 0 Å². The topological polar surface area (TPSA) is 78.9 Å². The average molecular weight is 327 g/mol. The summed E-state index contributed by atoms with van der Waals surface area (Å²) in [5.41, 5.74) is 0.550. The number of anilines is 1. The number of carboxylic acids is 1. The highest BCUT2D eigenvalue weighted by atomic mass is 35.5. The first kappa shape index (κ1) is 16.6. The molecule has 2 rings (SSSR count). The monoisotopic (exact) mass is 326 g/mol. The summed E-state index contributed by atoms with van der Waals surface area (Å²) in [7, 11) is 1.51. The standard InChI is InChI=1S/C15H19ClN2O4/c1-9(15(20)21)18(11-4-5-11)8-14(19)17-10-3-6-13(22-2)12(16)7-10/h3,6-7,9,11H,4-5,8H2,1-2H3,(H,17,19)(H,20,21). The summed E-state index contributed by atoms with van der Waals surface area (Å²) in [5, 5.41) is 12.2. The van der Waals surface area contributed by atoms with E-state index in [1.165, 1.54) is 7.11 Å². The van der Waals surface area contributed by atoms with E-state index in [9.17, 15) is 9.59 Å². The van der Waals surface area contributed by atoms with Crippen LogP contribution in [0.3, 0.4) is 0 Å². The maximum absolute atomic E-state index is 12.1. The molecule has 0 radical (unpaired) electrons. The first-order valence-electron chi connectivity index (χ1n) is 7.04. The van der Waals surface area contributed by atoms with Crippen molar-refractivity contribution >= 4 is 29.2 Å². The second kappa shape index (κ2) is 6.98. The molecule has 1 saturated carbocycles. The normalized spacial score (nSPS) is 15.5. The Kier molecular flexibility index (Phi) is 5.26. The summed E-state index contributed by atoms with van der Waals surface area (Å²) in [6, 6.07) is 4.44. The van der Waals surface area contributed by atoms with E-state index in [0.717, 1.165) is 12.8 Å². The Bertz CT molecular complexity index is 575. The first-order valence-corrected chi connectivity index (χ1v) is 7.42. The molecule has 7 heteroatoms. The fraction of sp³-hybridized carbons (Fsp3) is 0.467. The van der Waals surface area contributed by atoms with Gasteiger partial charge in [-0.1, -0.05) is 11.6 Å². The minimum atomic E-state index is -0.924. The van der Waals surface area contributed by atoms with Crippen LogP contribution in [0.4, 0.5) is 5.69 Å². The molecule has 1 aromatic carbocycles. The molecule has 1 aromatic rings. The molecule has 22 heavy (non-hydrogen) atoms. The molecule has 0 bridgehead atoms. The van der Waals surface area contributed by atoms with E-state index in [1.807, 2.05) is 0 Å². The predicted molar refractivity (Wildman–Crippen MR) is 83.5 cm³/mol. The van der Waals surface area contributed by atoms with Crippen LogP contribution in [0.2, 0.25) is 5.02 Å². The minimum Gasteiger partial charge on any atom is -0.495 e. The summed E-state index contributed by atoms with van der Waals surface area (Å²) < 4.78 is 5.05. The Morgan fingerprint density at radius 3 is 2.68 bits per heavy atom. The van der Waals surface area contributed by atoms with Crippen LogP contribution in [0.15, 0.2) is 18.2 Å². The van der Waals surface area contributed by atoms with Crippen LogP contribution in [-0.2, 0) is 9.59 Å². The van der Waals surface area contributed by atoms with Crippen LogP contribution in [0.25, 0.3) is 0 Å². The lowest BCUT2D eigenvalue weighted by atomic mass is 10.2. The van der Waals surface area contributed by atoms with Gasteiger partial charge in [-0.3, -0.25) is 14.5 Å². The van der Waals surface area contributed by atoms with Gasteiger partial charge in [0.05, 0.1) is 18.7 Å². The number of halogens is 1. The second-order valence-electron chi connectivity index (χ2n) is 5.32. The third-order valence-electron chi connectivity index (χ3n) is 3.63. The Morgan fingerprint density at radius 2 is 2.18 bits per heavy atom. The highest BCUT2D eigenvalue weighted by Crippen LogP contribution is 2.29. The van der Waals surface area contributed by atoms with Gasteiger partial charge in [-0.05, 0) is 38.0 Å². The number of amides is 1. The van der Waals surface area contributed by atoms with Crippen molar-refractivity contribution in [1.82, 2.24) is 4.90 Å². The highest BCUT2D eigenvalue weighted by molar-refractivity contribution is 6.32. The van der Waals surface area contributed by atoms with Gasteiger partial charge in [-0.15, -0.1) is 0 Å². The molecule has 1 aliphatic rings. The molecule has 1 fully saturated rings. The zero-order valence-corrected chi connectivity index (χ0v) is 13.3. The Labute approximate surface area is 134 Å². The number of methoxy groups -OCH3 is 1. The molecule has 0 saturated heterocycles. The van der Waals surface area contributed by atoms with E-state index < -0.39 is 12.0 Å². The Morgan fingerprint density at radius 1 is 1.50 bits per heavy atom. The third kappa shape index (κ3) is 4.11. The smallest absolute Gasteiger partial charge is 0.320 e. The van der Waals surface area contributed by atoms with E-state index in [0.29, 0.717) is 16.5 Å². The SMILES string of the molecule is COc1ccc(NC(=O)CN(C2CC2)C(C)C(=O)O)cc1Cl. The number of carbonyl (C=O) groups is 2. The first-order chi connectivity index (χ1) is 10.4. The summed E-state index contributed by atoms with van der Waals surface area (Å²) in [4.78, 5) is 25.0. The van der Waals surface area contributed by atoms with Crippen LogP contribution in [0.5, 0.6) is 5.75 Å². The lowest BCUT2D eigenvalue weighted by Crippen LogP contribution is -2.44. The third-order valence-corrected chi connectivity index (χ3v) is 3.93. The summed E-state index contributed by atoms with van der Waals surface area (Å²) in [6.07, 6.45) is 1.86. The number of hydrogen-bond donors (Lipinski definition) is 2. The molecular weight excluding hydrogens is 308 g/mol. The van der Waals surface area contributed by atoms with Gasteiger partial charge in [0.1, 0.15) is 11.8 Å². The van der Waals surface area contributed by atoms with Crippen molar-refractivity contribution in [2.45, 2.75) is 31.8 Å². The van der Waals surface area contributed by atoms with Crippen molar-refractivity contribution in [3.05, 3.63) is 23.2 Å². The molecule has 0 heterocycles. The van der Waals surface area contributed by atoms with Crippen molar-refractivity contribution in [3.63, 3.8) is 0 Å². The Balaban J connectivity index is 1.99. The number of rotatable bonds is 7. The van der Waals surface area contributed by atoms with Gasteiger partial charge in [0, 0.05) is 11.7 Å². The maximum Gasteiger partial charge on any atom is 0.320 e. The molecular formula is C15H19ClN2O4. The van der Waals surface area contributed by atoms with Crippen LogP contribution in [0, 0.1) is 0 Å². The van der Waals surface area contributed by atoms with E-state index in [1.54, 1.807) is 30.0 Å². The maximum atomic E-state index is 12.1. The lowest BCUT2D eigenvalue weighted by Gasteiger charge is -2.25. The minimum absolute atomic E-state index is 0.0434. The van der Waals surface area contributed by atoms with Gasteiger partial charge in [0.25, 0.3) is 0 Å². The molecule has 1 amide bonds. The van der Waals surface area contributed by atoms with Gasteiger partial charge in [0.15, 0.2) is 0 Å². The fourth-order valence-corrected chi connectivity index (χ4v) is 2.50. The van der Waals surface area contributed by atoms with E-state index in [4.69, 9.17) is 21.4 Å². The van der Waals surface area contributed by atoms with Gasteiger partial charge >= 0.3 is 5.97 Å². The molecule has 0 spiro atoms. The zero-order chi connectivity index (χ0) is 16.3. The van der Waals surface area contributed by atoms with Crippen LogP contribution < -0.4 is 10.1 Å². The molecule has 120 valence electrons. The van der Waals surface area contributed by atoms with E-state index in [2.05, 4.69) is 5.32 Å². The molecule has 1 aliphatic carbocycles.